The highest BCUT2D eigenvalue weighted by atomic mass is 16.1. The van der Waals surface area contributed by atoms with Crippen LogP contribution in [0.15, 0.2) is 12.2 Å². The molecule has 2 aliphatic rings. The van der Waals surface area contributed by atoms with Crippen LogP contribution in [0.25, 0.3) is 0 Å². The van der Waals surface area contributed by atoms with Gasteiger partial charge in [0.2, 0.25) is 6.41 Å². The molecule has 0 aromatic carbocycles. The third-order valence-electron chi connectivity index (χ3n) is 3.42. The van der Waals surface area contributed by atoms with Crippen LogP contribution in [0.3, 0.4) is 0 Å². The van der Waals surface area contributed by atoms with Gasteiger partial charge < -0.3 is 4.90 Å². The van der Waals surface area contributed by atoms with E-state index < -0.39 is 0 Å². The molecule has 1 fully saturated rings. The van der Waals surface area contributed by atoms with Crippen LogP contribution in [0, 0.1) is 5.41 Å². The van der Waals surface area contributed by atoms with Crippen molar-refractivity contribution in [1.82, 2.24) is 4.90 Å². The number of allylic oxidation sites excluding steroid dienone is 2. The van der Waals surface area contributed by atoms with Crippen molar-refractivity contribution in [1.29, 1.82) is 0 Å². The van der Waals surface area contributed by atoms with E-state index in [0.717, 1.165) is 32.2 Å². The zero-order chi connectivity index (χ0) is 10.2. The highest BCUT2D eigenvalue weighted by molar-refractivity contribution is 5.84. The summed E-state index contributed by atoms with van der Waals surface area (Å²) in [6.45, 7) is 2.32. The zero-order valence-corrected chi connectivity index (χ0v) is 8.40. The highest BCUT2D eigenvalue weighted by Gasteiger charge is 2.45. The molecule has 0 saturated carbocycles. The zero-order valence-electron chi connectivity index (χ0n) is 8.40. The van der Waals surface area contributed by atoms with Gasteiger partial charge in [-0.05, 0) is 31.6 Å². The second kappa shape index (κ2) is 3.23. The van der Waals surface area contributed by atoms with Gasteiger partial charge in [-0.25, -0.2) is 0 Å². The Morgan fingerprint density at radius 1 is 1.50 bits per heavy atom. The third-order valence-corrected chi connectivity index (χ3v) is 3.42. The van der Waals surface area contributed by atoms with Crippen molar-refractivity contribution in [2.45, 2.75) is 32.2 Å². The average molecular weight is 193 g/mol. The van der Waals surface area contributed by atoms with Crippen molar-refractivity contribution in [2.75, 3.05) is 6.54 Å². The Labute approximate surface area is 83.8 Å². The number of hydrogen-bond donors (Lipinski definition) is 0. The third kappa shape index (κ3) is 1.37. The molecule has 1 atom stereocenters. The Kier molecular flexibility index (Phi) is 2.17. The monoisotopic (exact) mass is 193 g/mol. The Morgan fingerprint density at radius 2 is 2.14 bits per heavy atom. The van der Waals surface area contributed by atoms with Crippen LogP contribution in [0.2, 0.25) is 0 Å². The molecule has 1 amide bonds. The topological polar surface area (TPSA) is 37.4 Å². The maximum Gasteiger partial charge on any atom is 0.210 e. The molecule has 0 aromatic heterocycles. The Balaban J connectivity index is 2.15. The first-order chi connectivity index (χ1) is 6.67. The summed E-state index contributed by atoms with van der Waals surface area (Å²) in [6, 6.07) is -0.174. The van der Waals surface area contributed by atoms with E-state index in [2.05, 4.69) is 12.2 Å². The number of likely N-dealkylation sites (tertiary alicyclic amines) is 1. The summed E-state index contributed by atoms with van der Waals surface area (Å²) >= 11 is 0. The fraction of sp³-hybridized carbons (Fsp3) is 0.636. The van der Waals surface area contributed by atoms with Gasteiger partial charge in [0.05, 0.1) is 6.04 Å². The van der Waals surface area contributed by atoms with Crippen LogP contribution >= 0.6 is 0 Å². The van der Waals surface area contributed by atoms with Gasteiger partial charge in [-0.1, -0.05) is 12.2 Å². The van der Waals surface area contributed by atoms with Gasteiger partial charge in [0.25, 0.3) is 0 Å². The predicted octanol–water partition coefficient (Wildman–Crippen LogP) is 1.14. The van der Waals surface area contributed by atoms with Gasteiger partial charge in [-0.3, -0.25) is 9.59 Å². The Hall–Kier alpha value is -1.12. The quantitative estimate of drug-likeness (QED) is 0.487. The van der Waals surface area contributed by atoms with E-state index in [9.17, 15) is 9.59 Å². The predicted molar refractivity (Wildman–Crippen MR) is 52.7 cm³/mol. The summed E-state index contributed by atoms with van der Waals surface area (Å²) in [6.07, 6.45) is 8.01. The van der Waals surface area contributed by atoms with Crippen LogP contribution in [-0.4, -0.2) is 29.7 Å². The van der Waals surface area contributed by atoms with E-state index in [4.69, 9.17) is 0 Å². The molecular weight excluding hydrogens is 178 g/mol. The SMILES string of the molecule is CC(=O)[C@@H]1CC2(CC=CC2)CN1C=O. The molecule has 14 heavy (non-hydrogen) atoms. The molecule has 3 nitrogen and oxygen atoms in total. The lowest BCUT2D eigenvalue weighted by molar-refractivity contribution is -0.128. The first-order valence-corrected chi connectivity index (χ1v) is 5.03. The van der Waals surface area contributed by atoms with Gasteiger partial charge >= 0.3 is 0 Å². The largest absolute Gasteiger partial charge is 0.335 e. The van der Waals surface area contributed by atoms with Gasteiger partial charge in [0.1, 0.15) is 0 Å². The number of carbonyl (C=O) groups excluding carboxylic acids is 2. The first-order valence-electron chi connectivity index (χ1n) is 5.03. The van der Waals surface area contributed by atoms with E-state index in [1.807, 2.05) is 0 Å². The van der Waals surface area contributed by atoms with Crippen molar-refractivity contribution in [3.05, 3.63) is 12.2 Å². The maximum atomic E-state index is 11.3. The summed E-state index contributed by atoms with van der Waals surface area (Å²) < 4.78 is 0. The lowest BCUT2D eigenvalue weighted by Gasteiger charge is -2.21. The summed E-state index contributed by atoms with van der Waals surface area (Å²) in [4.78, 5) is 23.8. The van der Waals surface area contributed by atoms with Gasteiger partial charge in [-0.2, -0.15) is 0 Å². The molecule has 0 aromatic rings. The molecule has 1 aliphatic heterocycles. The molecule has 2 rings (SSSR count). The molecule has 76 valence electrons. The van der Waals surface area contributed by atoms with E-state index in [1.165, 1.54) is 0 Å². The summed E-state index contributed by atoms with van der Waals surface area (Å²) in [5.74, 6) is 0.112. The summed E-state index contributed by atoms with van der Waals surface area (Å²) in [7, 11) is 0. The Morgan fingerprint density at radius 3 is 2.57 bits per heavy atom. The molecule has 0 N–H and O–H groups in total. The lowest BCUT2D eigenvalue weighted by atomic mass is 9.82. The van der Waals surface area contributed by atoms with Crippen LogP contribution in [0.5, 0.6) is 0 Å². The Bertz CT molecular complexity index is 288. The fourth-order valence-corrected chi connectivity index (χ4v) is 2.62. The van der Waals surface area contributed by atoms with Gasteiger partial charge in [-0.15, -0.1) is 0 Å². The number of amides is 1. The van der Waals surface area contributed by atoms with Crippen LogP contribution in [0.1, 0.15) is 26.2 Å². The molecule has 1 aliphatic carbocycles. The molecule has 1 spiro atoms. The van der Waals surface area contributed by atoms with Crippen LogP contribution < -0.4 is 0 Å². The minimum absolute atomic E-state index is 0.112. The second-order valence-electron chi connectivity index (χ2n) is 4.49. The summed E-state index contributed by atoms with van der Waals surface area (Å²) in [5.41, 5.74) is 0.178. The number of carbonyl (C=O) groups is 2. The van der Waals surface area contributed by atoms with Crippen molar-refractivity contribution in [3.8, 4) is 0 Å². The minimum Gasteiger partial charge on any atom is -0.335 e. The highest BCUT2D eigenvalue weighted by Crippen LogP contribution is 2.44. The smallest absolute Gasteiger partial charge is 0.210 e. The van der Waals surface area contributed by atoms with Crippen molar-refractivity contribution < 1.29 is 9.59 Å². The van der Waals surface area contributed by atoms with E-state index in [1.54, 1.807) is 11.8 Å². The minimum atomic E-state index is -0.174. The van der Waals surface area contributed by atoms with E-state index >= 15 is 0 Å². The van der Waals surface area contributed by atoms with Gasteiger partial charge in [0, 0.05) is 6.54 Å². The molecular formula is C11H15NO2. The summed E-state index contributed by atoms with van der Waals surface area (Å²) in [5, 5.41) is 0. The molecule has 3 heteroatoms. The van der Waals surface area contributed by atoms with Crippen LogP contribution in [0.4, 0.5) is 0 Å². The van der Waals surface area contributed by atoms with Crippen molar-refractivity contribution in [3.63, 3.8) is 0 Å². The normalized spacial score (nSPS) is 28.6. The van der Waals surface area contributed by atoms with Crippen LogP contribution in [-0.2, 0) is 9.59 Å². The fourth-order valence-electron chi connectivity index (χ4n) is 2.62. The average Bonchev–Trinajstić information content (AvgIpc) is 2.74. The number of rotatable bonds is 2. The molecule has 0 bridgehead atoms. The number of nitrogens with zero attached hydrogens (tertiary/aromatic N) is 1. The van der Waals surface area contributed by atoms with Crippen molar-refractivity contribution >= 4 is 12.2 Å². The molecule has 0 unspecified atom stereocenters. The molecule has 0 radical (unpaired) electrons. The second-order valence-corrected chi connectivity index (χ2v) is 4.49. The molecule has 1 heterocycles. The molecule has 1 saturated heterocycles. The van der Waals surface area contributed by atoms with Gasteiger partial charge in [0.15, 0.2) is 5.78 Å². The van der Waals surface area contributed by atoms with Crippen molar-refractivity contribution in [2.24, 2.45) is 5.41 Å². The standard InChI is InChI=1S/C11H15NO2/c1-9(14)10-6-11(4-2-3-5-11)7-12(10)8-13/h2-3,8,10H,4-7H2,1H3/t10-/m0/s1. The lowest BCUT2D eigenvalue weighted by Crippen LogP contribution is -2.33. The van der Waals surface area contributed by atoms with E-state index in [0.29, 0.717) is 0 Å². The number of ketones is 1. The number of hydrogen-bond acceptors (Lipinski definition) is 2. The first kappa shape index (κ1) is 9.44. The maximum absolute atomic E-state index is 11.3. The van der Waals surface area contributed by atoms with E-state index in [-0.39, 0.29) is 17.2 Å². The number of Topliss-reactive ketones (excluding diaryl/α,β-unsaturated/α-hetero) is 1.